The van der Waals surface area contributed by atoms with Crippen LogP contribution >= 0.6 is 0 Å². The number of ether oxygens (including phenoxy) is 1. The van der Waals surface area contributed by atoms with Crippen molar-refractivity contribution in [2.75, 3.05) is 24.7 Å². The summed E-state index contributed by atoms with van der Waals surface area (Å²) in [5.41, 5.74) is 5.24. The zero-order chi connectivity index (χ0) is 19.5. The number of halogens is 1. The van der Waals surface area contributed by atoms with Gasteiger partial charge in [-0.2, -0.15) is 0 Å². The molecule has 1 fully saturated rings. The van der Waals surface area contributed by atoms with E-state index in [1.54, 1.807) is 0 Å². The van der Waals surface area contributed by atoms with Crippen LogP contribution in [0, 0.1) is 11.7 Å². The molecule has 28 heavy (non-hydrogen) atoms. The number of fused-ring (bicyclic) bond motifs is 1. The minimum Gasteiger partial charge on any atom is -0.381 e. The molecule has 1 N–H and O–H groups in total. The molecule has 5 heteroatoms. The van der Waals surface area contributed by atoms with Crippen LogP contribution in [0.4, 0.5) is 10.1 Å². The third-order valence-corrected chi connectivity index (χ3v) is 5.64. The number of carbonyl (C=O) groups excluding carboxylic acids is 1. The summed E-state index contributed by atoms with van der Waals surface area (Å²) in [7, 11) is 0. The molecule has 2 aromatic rings. The van der Waals surface area contributed by atoms with Gasteiger partial charge in [0.1, 0.15) is 5.82 Å². The summed E-state index contributed by atoms with van der Waals surface area (Å²) in [6.07, 6.45) is 3.06. The van der Waals surface area contributed by atoms with E-state index in [1.165, 1.54) is 41.2 Å². The molecule has 1 saturated heterocycles. The minimum absolute atomic E-state index is 0.199. The number of amides is 1. The Balaban J connectivity index is 1.40. The van der Waals surface area contributed by atoms with Crippen molar-refractivity contribution in [3.63, 3.8) is 0 Å². The lowest BCUT2D eigenvalue weighted by molar-refractivity contribution is 0.0752. The topological polar surface area (TPSA) is 41.6 Å². The number of nitrogens with one attached hydrogen (secondary N) is 1. The van der Waals surface area contributed by atoms with Gasteiger partial charge in [-0.3, -0.25) is 4.79 Å². The first kappa shape index (κ1) is 18.7. The zero-order valence-corrected chi connectivity index (χ0v) is 15.9. The number of anilines is 1. The van der Waals surface area contributed by atoms with Crippen LogP contribution in [0.5, 0.6) is 0 Å². The molecule has 0 atom stereocenters. The van der Waals surface area contributed by atoms with Gasteiger partial charge in [0.2, 0.25) is 0 Å². The van der Waals surface area contributed by atoms with E-state index < -0.39 is 0 Å². The van der Waals surface area contributed by atoms with Crippen molar-refractivity contribution in [1.29, 1.82) is 0 Å². The minimum atomic E-state index is -0.345. The highest BCUT2D eigenvalue weighted by atomic mass is 19.1. The largest absolute Gasteiger partial charge is 0.381 e. The van der Waals surface area contributed by atoms with Gasteiger partial charge in [0, 0.05) is 49.2 Å². The molecule has 2 heterocycles. The summed E-state index contributed by atoms with van der Waals surface area (Å²) < 4.78 is 18.5. The molecule has 2 aliphatic rings. The van der Waals surface area contributed by atoms with Gasteiger partial charge >= 0.3 is 0 Å². The summed E-state index contributed by atoms with van der Waals surface area (Å²) in [5.74, 6) is -0.0496. The van der Waals surface area contributed by atoms with Crippen molar-refractivity contribution in [2.45, 2.75) is 25.8 Å². The van der Waals surface area contributed by atoms with E-state index in [0.29, 0.717) is 18.0 Å². The third-order valence-electron chi connectivity index (χ3n) is 5.64. The molecule has 0 saturated carbocycles. The highest BCUT2D eigenvalue weighted by Crippen LogP contribution is 2.35. The molecule has 0 bridgehead atoms. The second kappa shape index (κ2) is 8.15. The number of benzene rings is 2. The summed E-state index contributed by atoms with van der Waals surface area (Å²) in [4.78, 5) is 14.6. The fourth-order valence-electron chi connectivity index (χ4n) is 4.00. The maximum atomic E-state index is 13.0. The number of rotatable bonds is 5. The highest BCUT2D eigenvalue weighted by molar-refractivity contribution is 5.94. The van der Waals surface area contributed by atoms with Crippen LogP contribution in [0.1, 0.15) is 34.3 Å². The second-order valence-corrected chi connectivity index (χ2v) is 7.43. The first-order valence-corrected chi connectivity index (χ1v) is 9.81. The molecular weight excluding hydrogens is 355 g/mol. The van der Waals surface area contributed by atoms with Crippen LogP contribution in [0.3, 0.4) is 0 Å². The summed E-state index contributed by atoms with van der Waals surface area (Å²) in [6.45, 7) is 7.40. The average Bonchev–Trinajstić information content (AvgIpc) is 3.16. The molecular formula is C23H25FN2O2. The maximum Gasteiger partial charge on any atom is 0.251 e. The highest BCUT2D eigenvalue weighted by Gasteiger charge is 2.27. The molecule has 146 valence electrons. The molecule has 0 radical (unpaired) electrons. The molecule has 2 aromatic carbocycles. The summed E-state index contributed by atoms with van der Waals surface area (Å²) >= 11 is 0. The van der Waals surface area contributed by atoms with Crippen molar-refractivity contribution < 1.29 is 13.9 Å². The predicted molar refractivity (Wildman–Crippen MR) is 108 cm³/mol. The molecule has 4 rings (SSSR count). The van der Waals surface area contributed by atoms with Gasteiger partial charge in [0.15, 0.2) is 0 Å². The number of carbonyl (C=O) groups is 1. The first-order valence-electron chi connectivity index (χ1n) is 9.81. The van der Waals surface area contributed by atoms with Gasteiger partial charge in [-0.05, 0) is 60.7 Å². The molecule has 2 aliphatic heterocycles. The maximum absolute atomic E-state index is 13.0. The monoisotopic (exact) mass is 380 g/mol. The summed E-state index contributed by atoms with van der Waals surface area (Å²) in [5, 5.41) is 2.91. The Labute approximate surface area is 165 Å². The Morgan fingerprint density at radius 2 is 1.93 bits per heavy atom. The fourth-order valence-corrected chi connectivity index (χ4v) is 4.00. The van der Waals surface area contributed by atoms with Crippen LogP contribution in [0.25, 0.3) is 0 Å². The van der Waals surface area contributed by atoms with Crippen molar-refractivity contribution in [2.24, 2.45) is 5.92 Å². The Bertz CT molecular complexity index is 873. The lowest BCUT2D eigenvalue weighted by Crippen LogP contribution is -2.28. The Hall–Kier alpha value is -2.66. The number of nitrogens with zero attached hydrogens (tertiary/aromatic N) is 1. The molecule has 0 unspecified atom stereocenters. The van der Waals surface area contributed by atoms with Gasteiger partial charge in [-0.1, -0.05) is 18.7 Å². The van der Waals surface area contributed by atoms with E-state index >= 15 is 0 Å². The molecule has 4 nitrogen and oxygen atoms in total. The summed E-state index contributed by atoms with van der Waals surface area (Å²) in [6, 6.07) is 11.9. The van der Waals surface area contributed by atoms with E-state index in [2.05, 4.69) is 35.0 Å². The standard InChI is InChI=1S/C23H25FN2O2/c1-16(18-9-12-28-13-10-18)26-11-8-20-14-17(2-7-22(20)26)15-25-23(27)19-3-5-21(24)6-4-19/h2-7,14,18H,1,8-13,15H2,(H,25,27). The number of allylic oxidation sites excluding steroid dienone is 1. The van der Waals surface area contributed by atoms with E-state index in [4.69, 9.17) is 4.74 Å². The Morgan fingerprint density at radius 3 is 2.68 bits per heavy atom. The lowest BCUT2D eigenvalue weighted by atomic mass is 9.96. The number of hydrogen-bond donors (Lipinski definition) is 1. The zero-order valence-electron chi connectivity index (χ0n) is 15.9. The van der Waals surface area contributed by atoms with Gasteiger partial charge < -0.3 is 15.0 Å². The molecule has 0 spiro atoms. The van der Waals surface area contributed by atoms with Crippen LogP contribution in [0.2, 0.25) is 0 Å². The quantitative estimate of drug-likeness (QED) is 0.851. The average molecular weight is 380 g/mol. The van der Waals surface area contributed by atoms with Crippen LogP contribution < -0.4 is 10.2 Å². The lowest BCUT2D eigenvalue weighted by Gasteiger charge is -2.31. The van der Waals surface area contributed by atoms with Crippen molar-refractivity contribution in [3.8, 4) is 0 Å². The molecule has 1 amide bonds. The van der Waals surface area contributed by atoms with E-state index in [-0.39, 0.29) is 11.7 Å². The van der Waals surface area contributed by atoms with Crippen molar-refractivity contribution in [3.05, 3.63) is 77.2 Å². The Kier molecular flexibility index (Phi) is 5.44. The molecule has 0 aromatic heterocycles. The van der Waals surface area contributed by atoms with Gasteiger partial charge in [0.05, 0.1) is 0 Å². The van der Waals surface area contributed by atoms with E-state index in [1.807, 2.05) is 0 Å². The first-order chi connectivity index (χ1) is 13.6. The van der Waals surface area contributed by atoms with Crippen LogP contribution in [-0.4, -0.2) is 25.7 Å². The fraction of sp³-hybridized carbons (Fsp3) is 0.348. The van der Waals surface area contributed by atoms with E-state index in [0.717, 1.165) is 44.6 Å². The number of hydrogen-bond acceptors (Lipinski definition) is 3. The Morgan fingerprint density at radius 1 is 1.18 bits per heavy atom. The van der Waals surface area contributed by atoms with Crippen LogP contribution in [0.15, 0.2) is 54.7 Å². The SMILES string of the molecule is C=C(C1CCOCC1)N1CCc2cc(CNC(=O)c3ccc(F)cc3)ccc21. The van der Waals surface area contributed by atoms with Crippen molar-refractivity contribution in [1.82, 2.24) is 5.32 Å². The van der Waals surface area contributed by atoms with Gasteiger partial charge in [0.25, 0.3) is 5.91 Å². The molecule has 0 aliphatic carbocycles. The third kappa shape index (κ3) is 3.94. The van der Waals surface area contributed by atoms with Crippen LogP contribution in [-0.2, 0) is 17.7 Å². The van der Waals surface area contributed by atoms with Gasteiger partial charge in [-0.25, -0.2) is 4.39 Å². The second-order valence-electron chi connectivity index (χ2n) is 7.43. The normalized spacial score (nSPS) is 16.7. The predicted octanol–water partition coefficient (Wildman–Crippen LogP) is 4.06. The smallest absolute Gasteiger partial charge is 0.251 e. The van der Waals surface area contributed by atoms with Crippen molar-refractivity contribution >= 4 is 11.6 Å². The van der Waals surface area contributed by atoms with E-state index in [9.17, 15) is 9.18 Å². The van der Waals surface area contributed by atoms with Gasteiger partial charge in [-0.15, -0.1) is 0 Å².